The fourth-order valence-corrected chi connectivity index (χ4v) is 5.09. The molecule has 12 nitrogen and oxygen atoms in total. The van der Waals surface area contributed by atoms with Crippen molar-refractivity contribution in [3.05, 3.63) is 71.3 Å². The maximum Gasteiger partial charge on any atom is 0.407 e. The third-order valence-corrected chi connectivity index (χ3v) is 7.79. The Labute approximate surface area is 271 Å². The highest BCUT2D eigenvalue weighted by Crippen LogP contribution is 2.29. The molecule has 0 saturated heterocycles. The minimum Gasteiger partial charge on any atom is -0.483 e. The predicted octanol–water partition coefficient (Wildman–Crippen LogP) is 3.21. The molecule has 0 spiro atoms. The number of rotatable bonds is 15. The van der Waals surface area contributed by atoms with Crippen molar-refractivity contribution in [3.8, 4) is 0 Å². The zero-order valence-corrected chi connectivity index (χ0v) is 27.2. The van der Waals surface area contributed by atoms with Gasteiger partial charge in [0, 0.05) is 6.54 Å². The molecule has 1 aliphatic carbocycles. The van der Waals surface area contributed by atoms with Crippen molar-refractivity contribution in [1.82, 2.24) is 26.6 Å². The molecule has 0 aromatic heterocycles. The summed E-state index contributed by atoms with van der Waals surface area (Å²) < 4.78 is 5.25. The van der Waals surface area contributed by atoms with Crippen LogP contribution in [0.2, 0.25) is 0 Å². The summed E-state index contributed by atoms with van der Waals surface area (Å²) in [7, 11) is 1.68. The lowest BCUT2D eigenvalue weighted by atomic mass is 9.87. The van der Waals surface area contributed by atoms with E-state index in [1.807, 2.05) is 62.4 Å². The predicted molar refractivity (Wildman–Crippen MR) is 175 cm³/mol. The Hall–Kier alpha value is -4.45. The third kappa shape index (κ3) is 12.9. The van der Waals surface area contributed by atoms with Crippen molar-refractivity contribution in [1.29, 1.82) is 0 Å². The van der Waals surface area contributed by atoms with Gasteiger partial charge < -0.3 is 36.4 Å². The number of fused-ring (bicyclic) bond motifs is 1. The maximum absolute atomic E-state index is 13.6. The first-order valence-electron chi connectivity index (χ1n) is 15.8. The Balaban J connectivity index is 0.00000236. The molecule has 0 heterocycles. The van der Waals surface area contributed by atoms with E-state index < -0.39 is 30.1 Å². The first kappa shape index (κ1) is 37.7. The van der Waals surface area contributed by atoms with Crippen molar-refractivity contribution in [3.63, 3.8) is 0 Å². The van der Waals surface area contributed by atoms with Crippen LogP contribution in [0.15, 0.2) is 54.6 Å². The van der Waals surface area contributed by atoms with Gasteiger partial charge >= 0.3 is 6.09 Å². The van der Waals surface area contributed by atoms with E-state index in [9.17, 15) is 19.2 Å². The lowest BCUT2D eigenvalue weighted by Gasteiger charge is -2.30. The number of carbonyl (C=O) groups is 5. The van der Waals surface area contributed by atoms with Crippen molar-refractivity contribution in [2.45, 2.75) is 90.1 Å². The van der Waals surface area contributed by atoms with Gasteiger partial charge in [-0.2, -0.15) is 0 Å². The van der Waals surface area contributed by atoms with Crippen LogP contribution in [0.1, 0.15) is 75.6 Å². The topological polar surface area (TPSA) is 175 Å². The van der Waals surface area contributed by atoms with Gasteiger partial charge in [-0.3, -0.25) is 19.2 Å². The molecule has 12 heteroatoms. The van der Waals surface area contributed by atoms with Gasteiger partial charge in [-0.25, -0.2) is 4.79 Å². The van der Waals surface area contributed by atoms with Crippen molar-refractivity contribution in [2.75, 3.05) is 13.6 Å². The van der Waals surface area contributed by atoms with Crippen LogP contribution in [-0.4, -0.2) is 67.1 Å². The van der Waals surface area contributed by atoms with Crippen molar-refractivity contribution >= 4 is 30.3 Å². The van der Waals surface area contributed by atoms with E-state index in [1.165, 1.54) is 5.56 Å². The first-order valence-corrected chi connectivity index (χ1v) is 15.8. The van der Waals surface area contributed by atoms with E-state index in [4.69, 9.17) is 14.6 Å². The second-order valence-electron chi connectivity index (χ2n) is 11.5. The van der Waals surface area contributed by atoms with E-state index >= 15 is 0 Å². The molecule has 0 saturated carbocycles. The normalized spacial score (nSPS) is 15.5. The van der Waals surface area contributed by atoms with Gasteiger partial charge in [0.25, 0.3) is 6.47 Å². The summed E-state index contributed by atoms with van der Waals surface area (Å²) in [6.07, 6.45) is 3.81. The number of likely N-dealkylation sites (N-methyl/N-ethyl adjacent to an activating group) is 1. The highest BCUT2D eigenvalue weighted by Gasteiger charge is 2.31. The second-order valence-corrected chi connectivity index (χ2v) is 11.5. The Bertz CT molecular complexity index is 1260. The molecule has 252 valence electrons. The molecule has 4 amide bonds. The minimum absolute atomic E-state index is 0.130. The number of benzene rings is 2. The van der Waals surface area contributed by atoms with E-state index in [0.717, 1.165) is 30.4 Å². The minimum atomic E-state index is -0.800. The number of hydrogen-bond donors (Lipinski definition) is 6. The van der Waals surface area contributed by atoms with Crippen LogP contribution < -0.4 is 26.6 Å². The molecule has 1 unspecified atom stereocenters. The molecule has 2 aromatic rings. The number of carboxylic acid groups (broad SMARTS) is 1. The summed E-state index contributed by atoms with van der Waals surface area (Å²) in [4.78, 5) is 60.0. The van der Waals surface area contributed by atoms with Crippen molar-refractivity contribution < 1.29 is 33.8 Å². The number of hydrogen-bond acceptors (Lipinski definition) is 7. The van der Waals surface area contributed by atoms with Crippen LogP contribution in [0.5, 0.6) is 0 Å². The highest BCUT2D eigenvalue weighted by atomic mass is 16.5. The fourth-order valence-electron chi connectivity index (χ4n) is 5.09. The summed E-state index contributed by atoms with van der Waals surface area (Å²) in [5, 5.41) is 21.4. The number of nitrogens with one attached hydrogen (secondary N) is 5. The third-order valence-electron chi connectivity index (χ3n) is 7.79. The monoisotopic (exact) mass is 639 g/mol. The summed E-state index contributed by atoms with van der Waals surface area (Å²) in [6.45, 7) is 5.73. The van der Waals surface area contributed by atoms with Crippen LogP contribution in [0.3, 0.4) is 0 Å². The zero-order valence-electron chi connectivity index (χ0n) is 27.2. The molecule has 46 heavy (non-hydrogen) atoms. The van der Waals surface area contributed by atoms with E-state index in [0.29, 0.717) is 25.8 Å². The van der Waals surface area contributed by atoms with Gasteiger partial charge in [0.2, 0.25) is 17.7 Å². The maximum atomic E-state index is 13.6. The molecule has 0 bridgehead atoms. The Morgan fingerprint density at radius 2 is 1.61 bits per heavy atom. The number of carbonyl (C=O) groups excluding carboxylic acids is 4. The lowest BCUT2D eigenvalue weighted by molar-refractivity contribution is -0.133. The van der Waals surface area contributed by atoms with E-state index in [2.05, 4.69) is 32.7 Å². The molecule has 3 rings (SSSR count). The zero-order chi connectivity index (χ0) is 33.9. The van der Waals surface area contributed by atoms with E-state index in [-0.39, 0.29) is 36.9 Å². The Morgan fingerprint density at radius 1 is 0.935 bits per heavy atom. The average Bonchev–Trinajstić information content (AvgIpc) is 3.05. The quantitative estimate of drug-likeness (QED) is 0.127. The SMILES string of the molecule is CN[C@@H](C)C(=O)N[C@H](C(=O)N[C@@H](CCCCNC(=O)OCc1ccccc1)C(=O)NC1CCCc2ccccc21)C(C)C.O=CO. The van der Waals surface area contributed by atoms with Gasteiger partial charge in [0.15, 0.2) is 0 Å². The van der Waals surface area contributed by atoms with Gasteiger partial charge in [-0.15, -0.1) is 0 Å². The molecular formula is C34H49N5O7. The number of ether oxygens (including phenoxy) is 1. The molecule has 0 radical (unpaired) electrons. The number of alkyl carbamates (subject to hydrolysis) is 1. The summed E-state index contributed by atoms with van der Waals surface area (Å²) in [5.74, 6) is -1.14. The van der Waals surface area contributed by atoms with Crippen molar-refractivity contribution in [2.24, 2.45) is 5.92 Å². The molecular weight excluding hydrogens is 590 g/mol. The fraction of sp³-hybridized carbons (Fsp3) is 0.500. The summed E-state index contributed by atoms with van der Waals surface area (Å²) in [6, 6.07) is 15.4. The molecule has 1 aliphatic rings. The number of unbranched alkanes of at least 4 members (excludes halogenated alkanes) is 1. The number of amides is 4. The van der Waals surface area contributed by atoms with Gasteiger partial charge in [0.1, 0.15) is 18.7 Å². The van der Waals surface area contributed by atoms with Gasteiger partial charge in [-0.05, 0) is 75.1 Å². The summed E-state index contributed by atoms with van der Waals surface area (Å²) in [5.41, 5.74) is 3.24. The molecule has 6 N–H and O–H groups in total. The lowest BCUT2D eigenvalue weighted by Crippen LogP contribution is -2.57. The van der Waals surface area contributed by atoms with Crippen LogP contribution in [0.25, 0.3) is 0 Å². The smallest absolute Gasteiger partial charge is 0.407 e. The van der Waals surface area contributed by atoms with E-state index in [1.54, 1.807) is 14.0 Å². The van der Waals surface area contributed by atoms with Gasteiger partial charge in [0.05, 0.1) is 12.1 Å². The summed E-state index contributed by atoms with van der Waals surface area (Å²) >= 11 is 0. The van der Waals surface area contributed by atoms with Crippen LogP contribution in [-0.2, 0) is 36.9 Å². The molecule has 0 fully saturated rings. The van der Waals surface area contributed by atoms with Crippen LogP contribution in [0, 0.1) is 5.92 Å². The molecule has 0 aliphatic heterocycles. The highest BCUT2D eigenvalue weighted by molar-refractivity contribution is 5.93. The first-order chi connectivity index (χ1) is 22.1. The molecule has 2 aromatic carbocycles. The Morgan fingerprint density at radius 3 is 2.28 bits per heavy atom. The number of aryl methyl sites for hydroxylation is 1. The molecule has 4 atom stereocenters. The second kappa shape index (κ2) is 20.6. The van der Waals surface area contributed by atoms with Gasteiger partial charge in [-0.1, -0.05) is 68.4 Å². The standard InChI is InChI=1S/C33H47N5O5.CH2O2/c1-22(2)29(38-30(39)23(3)34-4)32(41)37-28(31(40)36-27-19-12-16-25-15-8-9-17-26(25)27)18-10-11-20-35-33(42)43-21-24-13-6-5-7-14-24;2-1-3/h5-9,13-15,17,22-23,27-29,34H,10-12,16,18-21H2,1-4H3,(H,35,42)(H,36,40)(H,37,41)(H,38,39);1H,(H,2,3)/t23-,27?,28-,29-;/m0./s1. The largest absolute Gasteiger partial charge is 0.483 e. The average molecular weight is 640 g/mol. The van der Waals surface area contributed by atoms with Crippen LogP contribution in [0.4, 0.5) is 4.79 Å². The Kier molecular flexibility index (Phi) is 16.9. The van der Waals surface area contributed by atoms with Crippen LogP contribution >= 0.6 is 0 Å².